The minimum Gasteiger partial charge on any atom is -0.383 e. The van der Waals surface area contributed by atoms with E-state index in [-0.39, 0.29) is 0 Å². The fraction of sp³-hybridized carbons (Fsp3) is 0.231. The Bertz CT molecular complexity index is 476. The summed E-state index contributed by atoms with van der Waals surface area (Å²) >= 11 is 3.32. The van der Waals surface area contributed by atoms with Crippen molar-refractivity contribution in [1.29, 1.82) is 0 Å². The zero-order valence-electron chi connectivity index (χ0n) is 9.31. The van der Waals surface area contributed by atoms with E-state index in [9.17, 15) is 5.11 Å². The lowest BCUT2D eigenvalue weighted by molar-refractivity contribution is 0.221. The van der Waals surface area contributed by atoms with Crippen molar-refractivity contribution in [2.24, 2.45) is 0 Å². The van der Waals surface area contributed by atoms with Gasteiger partial charge in [-0.25, -0.2) is 0 Å². The Morgan fingerprint density at radius 3 is 2.56 bits per heavy atom. The summed E-state index contributed by atoms with van der Waals surface area (Å²) in [6, 6.07) is 12.1. The lowest BCUT2D eigenvalue weighted by Gasteiger charge is -2.12. The Morgan fingerprint density at radius 1 is 1.19 bits per heavy atom. The van der Waals surface area contributed by atoms with E-state index in [0.29, 0.717) is 0 Å². The number of rotatable bonds is 3. The molecule has 1 aromatic heterocycles. The van der Waals surface area contributed by atoms with E-state index in [1.807, 2.05) is 42.7 Å². The molecule has 2 rings (SSSR count). The first-order valence-electron chi connectivity index (χ1n) is 5.09. The highest BCUT2D eigenvalue weighted by atomic mass is 32.2. The van der Waals surface area contributed by atoms with Gasteiger partial charge in [0.1, 0.15) is 6.10 Å². The van der Waals surface area contributed by atoms with Crippen molar-refractivity contribution in [3.8, 4) is 0 Å². The minimum atomic E-state index is -0.498. The Kier molecular flexibility index (Phi) is 3.69. The van der Waals surface area contributed by atoms with E-state index in [4.69, 9.17) is 0 Å². The lowest BCUT2D eigenvalue weighted by atomic mass is 10.1. The van der Waals surface area contributed by atoms with Gasteiger partial charge in [0.25, 0.3) is 0 Å². The van der Waals surface area contributed by atoms with Gasteiger partial charge in [0.2, 0.25) is 0 Å². The van der Waals surface area contributed by atoms with Gasteiger partial charge in [0.15, 0.2) is 0 Å². The van der Waals surface area contributed by atoms with E-state index in [1.54, 1.807) is 23.1 Å². The fourth-order valence-electron chi connectivity index (χ4n) is 1.65. The van der Waals surface area contributed by atoms with E-state index in [1.165, 1.54) is 4.88 Å². The van der Waals surface area contributed by atoms with Crippen molar-refractivity contribution in [3.63, 3.8) is 0 Å². The molecule has 0 aliphatic carbocycles. The molecule has 1 heterocycles. The molecule has 0 aliphatic heterocycles. The Balaban J connectivity index is 2.36. The quantitative estimate of drug-likeness (QED) is 0.835. The van der Waals surface area contributed by atoms with Crippen LogP contribution < -0.4 is 0 Å². The molecule has 16 heavy (non-hydrogen) atoms. The van der Waals surface area contributed by atoms with Gasteiger partial charge in [0, 0.05) is 14.6 Å². The maximum atomic E-state index is 10.3. The number of aliphatic hydroxyl groups is 1. The van der Waals surface area contributed by atoms with Crippen LogP contribution in [-0.4, -0.2) is 11.4 Å². The summed E-state index contributed by atoms with van der Waals surface area (Å²) in [5.74, 6) is 0. The van der Waals surface area contributed by atoms with Crippen molar-refractivity contribution in [1.82, 2.24) is 0 Å². The first-order valence-corrected chi connectivity index (χ1v) is 7.14. The normalized spacial score (nSPS) is 12.7. The smallest absolute Gasteiger partial charge is 0.114 e. The molecular formula is C13H14OS2. The summed E-state index contributed by atoms with van der Waals surface area (Å²) in [5, 5.41) is 10.3. The van der Waals surface area contributed by atoms with Crippen LogP contribution in [0.25, 0.3) is 0 Å². The number of benzene rings is 1. The molecule has 84 valence electrons. The average molecular weight is 250 g/mol. The molecule has 2 aromatic rings. The highest BCUT2D eigenvalue weighted by molar-refractivity contribution is 7.98. The van der Waals surface area contributed by atoms with Crippen molar-refractivity contribution >= 4 is 23.1 Å². The highest BCUT2D eigenvalue weighted by Gasteiger charge is 2.15. The third-order valence-corrected chi connectivity index (χ3v) is 4.33. The number of thioether (sulfide) groups is 1. The van der Waals surface area contributed by atoms with Gasteiger partial charge in [-0.05, 0) is 36.9 Å². The number of aryl methyl sites for hydroxylation is 1. The van der Waals surface area contributed by atoms with Crippen LogP contribution in [0.1, 0.15) is 21.4 Å². The van der Waals surface area contributed by atoms with Crippen LogP contribution >= 0.6 is 23.1 Å². The molecule has 1 atom stereocenters. The number of hydrogen-bond donors (Lipinski definition) is 1. The van der Waals surface area contributed by atoms with E-state index < -0.39 is 6.10 Å². The van der Waals surface area contributed by atoms with E-state index in [2.05, 4.69) is 6.92 Å². The van der Waals surface area contributed by atoms with Gasteiger partial charge in [-0.2, -0.15) is 0 Å². The van der Waals surface area contributed by atoms with Crippen LogP contribution in [-0.2, 0) is 0 Å². The molecule has 0 fully saturated rings. The molecule has 0 amide bonds. The molecule has 1 nitrogen and oxygen atoms in total. The third-order valence-electron chi connectivity index (χ3n) is 2.46. The van der Waals surface area contributed by atoms with Gasteiger partial charge in [0.05, 0.1) is 0 Å². The van der Waals surface area contributed by atoms with Crippen LogP contribution in [0.4, 0.5) is 0 Å². The van der Waals surface area contributed by atoms with Crippen LogP contribution in [0.5, 0.6) is 0 Å². The van der Waals surface area contributed by atoms with Crippen molar-refractivity contribution < 1.29 is 5.11 Å². The van der Waals surface area contributed by atoms with Crippen molar-refractivity contribution in [2.45, 2.75) is 17.9 Å². The first kappa shape index (κ1) is 11.7. The third kappa shape index (κ3) is 2.32. The highest BCUT2D eigenvalue weighted by Crippen LogP contribution is 2.33. The topological polar surface area (TPSA) is 20.2 Å². The Hall–Kier alpha value is -0.770. The molecule has 3 heteroatoms. The second kappa shape index (κ2) is 5.04. The average Bonchev–Trinajstić information content (AvgIpc) is 2.75. The molecule has 1 N–H and O–H groups in total. The van der Waals surface area contributed by atoms with Crippen molar-refractivity contribution in [3.05, 3.63) is 51.7 Å². The molecule has 0 saturated heterocycles. The summed E-state index contributed by atoms with van der Waals surface area (Å²) in [5.41, 5.74) is 0.997. The van der Waals surface area contributed by atoms with Gasteiger partial charge in [-0.15, -0.1) is 23.1 Å². The number of thiophene rings is 1. The second-order valence-electron chi connectivity index (χ2n) is 3.59. The van der Waals surface area contributed by atoms with Gasteiger partial charge in [-0.3, -0.25) is 0 Å². The van der Waals surface area contributed by atoms with Crippen LogP contribution in [0.3, 0.4) is 0 Å². The lowest BCUT2D eigenvalue weighted by Crippen LogP contribution is -1.98. The molecular weight excluding hydrogens is 236 g/mol. The summed E-state index contributed by atoms with van der Waals surface area (Å²) in [4.78, 5) is 3.38. The first-order chi connectivity index (χ1) is 7.72. The largest absolute Gasteiger partial charge is 0.383 e. The molecule has 0 radical (unpaired) electrons. The molecule has 1 aromatic carbocycles. The molecule has 0 bridgehead atoms. The SMILES string of the molecule is CSc1ccccc1[C@@H](O)c1ccc(C)s1. The number of hydrogen-bond acceptors (Lipinski definition) is 3. The summed E-state index contributed by atoms with van der Waals surface area (Å²) in [7, 11) is 0. The van der Waals surface area contributed by atoms with Crippen LogP contribution in [0.2, 0.25) is 0 Å². The van der Waals surface area contributed by atoms with Crippen LogP contribution in [0.15, 0.2) is 41.3 Å². The van der Waals surface area contributed by atoms with E-state index >= 15 is 0 Å². The van der Waals surface area contributed by atoms with Gasteiger partial charge < -0.3 is 5.11 Å². The minimum absolute atomic E-state index is 0.498. The van der Waals surface area contributed by atoms with E-state index in [0.717, 1.165) is 15.3 Å². The second-order valence-corrected chi connectivity index (χ2v) is 5.76. The van der Waals surface area contributed by atoms with Gasteiger partial charge in [-0.1, -0.05) is 18.2 Å². The summed E-state index contributed by atoms with van der Waals surface area (Å²) in [6.45, 7) is 2.06. The van der Waals surface area contributed by atoms with Crippen molar-refractivity contribution in [2.75, 3.05) is 6.26 Å². The maximum absolute atomic E-state index is 10.3. The molecule has 0 aliphatic rings. The molecule has 0 unspecified atom stereocenters. The predicted octanol–water partition coefficient (Wildman–Crippen LogP) is 3.86. The molecule has 0 spiro atoms. The summed E-state index contributed by atoms with van der Waals surface area (Å²) in [6.07, 6.45) is 1.54. The Labute approximate surface area is 104 Å². The Morgan fingerprint density at radius 2 is 1.94 bits per heavy atom. The number of aliphatic hydroxyl groups excluding tert-OH is 1. The fourth-order valence-corrected chi connectivity index (χ4v) is 3.16. The van der Waals surface area contributed by atoms with Gasteiger partial charge >= 0.3 is 0 Å². The molecule has 0 saturated carbocycles. The zero-order chi connectivity index (χ0) is 11.5. The maximum Gasteiger partial charge on any atom is 0.114 e. The monoisotopic (exact) mass is 250 g/mol. The van der Waals surface area contributed by atoms with Crippen LogP contribution in [0, 0.1) is 6.92 Å². The summed E-state index contributed by atoms with van der Waals surface area (Å²) < 4.78 is 0. The predicted molar refractivity (Wildman–Crippen MR) is 71.3 cm³/mol. The standard InChI is InChI=1S/C13H14OS2/c1-9-7-8-12(16-9)13(14)10-5-3-4-6-11(10)15-2/h3-8,13-14H,1-2H3/t13-/m1/s1. The zero-order valence-corrected chi connectivity index (χ0v) is 10.9.